The molecule has 0 bridgehead atoms. The van der Waals surface area contributed by atoms with Crippen molar-refractivity contribution < 1.29 is 9.53 Å². The summed E-state index contributed by atoms with van der Waals surface area (Å²) < 4.78 is 6.67. The van der Waals surface area contributed by atoms with Crippen LogP contribution in [0.5, 0.6) is 5.75 Å². The van der Waals surface area contributed by atoms with Crippen LogP contribution in [0.15, 0.2) is 35.3 Å². The van der Waals surface area contributed by atoms with Crippen molar-refractivity contribution in [1.82, 2.24) is 9.78 Å². The van der Waals surface area contributed by atoms with Gasteiger partial charge in [-0.05, 0) is 12.1 Å². The van der Waals surface area contributed by atoms with Crippen LogP contribution in [0.1, 0.15) is 0 Å². The number of aliphatic imine (C=N–C) groups is 1. The Balaban J connectivity index is 2.45. The van der Waals surface area contributed by atoms with Crippen LogP contribution < -0.4 is 4.74 Å². The zero-order valence-electron chi connectivity index (χ0n) is 9.54. The minimum atomic E-state index is 0.470. The summed E-state index contributed by atoms with van der Waals surface area (Å²) in [7, 11) is 3.33. The Morgan fingerprint density at radius 3 is 2.94 bits per heavy atom. The van der Waals surface area contributed by atoms with E-state index in [1.165, 1.54) is 10.8 Å². The van der Waals surface area contributed by atoms with E-state index >= 15 is 0 Å². The Morgan fingerprint density at radius 2 is 2.24 bits per heavy atom. The van der Waals surface area contributed by atoms with Gasteiger partial charge in [0.25, 0.3) is 0 Å². The molecule has 0 spiro atoms. The summed E-state index contributed by atoms with van der Waals surface area (Å²) >= 11 is 0. The van der Waals surface area contributed by atoms with Gasteiger partial charge in [-0.3, -0.25) is 0 Å². The van der Waals surface area contributed by atoms with E-state index in [4.69, 9.17) is 4.74 Å². The zero-order chi connectivity index (χ0) is 12.3. The highest BCUT2D eigenvalue weighted by Gasteiger charge is 2.07. The Morgan fingerprint density at radius 1 is 1.41 bits per heavy atom. The van der Waals surface area contributed by atoms with Gasteiger partial charge in [0.1, 0.15) is 5.75 Å². The molecule has 0 saturated heterocycles. The molecular formula is C12H11N3O2. The molecule has 1 heterocycles. The average molecular weight is 229 g/mol. The van der Waals surface area contributed by atoms with E-state index in [0.717, 1.165) is 17.0 Å². The van der Waals surface area contributed by atoms with Gasteiger partial charge in [0.05, 0.1) is 12.8 Å². The number of nitrogens with zero attached hydrogens (tertiary/aromatic N) is 3. The summed E-state index contributed by atoms with van der Waals surface area (Å²) in [4.78, 5) is 13.8. The fourth-order valence-electron chi connectivity index (χ4n) is 1.53. The van der Waals surface area contributed by atoms with Crippen molar-refractivity contribution in [1.29, 1.82) is 0 Å². The fourth-order valence-corrected chi connectivity index (χ4v) is 1.53. The van der Waals surface area contributed by atoms with Gasteiger partial charge in [0, 0.05) is 18.7 Å². The summed E-state index contributed by atoms with van der Waals surface area (Å²) in [5.74, 6) is 1.23. The van der Waals surface area contributed by atoms with Crippen molar-refractivity contribution in [2.45, 2.75) is 0 Å². The van der Waals surface area contributed by atoms with Crippen molar-refractivity contribution in [3.8, 4) is 17.0 Å². The molecule has 0 atom stereocenters. The SMILES string of the molecule is COc1cccc(-c2cc(N=C=O)n(C)n2)c1. The monoisotopic (exact) mass is 229 g/mol. The summed E-state index contributed by atoms with van der Waals surface area (Å²) in [6.07, 6.45) is 1.50. The van der Waals surface area contributed by atoms with Crippen LogP contribution in [-0.4, -0.2) is 23.0 Å². The maximum absolute atomic E-state index is 10.2. The van der Waals surface area contributed by atoms with E-state index in [-0.39, 0.29) is 0 Å². The molecule has 1 aromatic heterocycles. The number of benzene rings is 1. The summed E-state index contributed by atoms with van der Waals surface area (Å²) in [5, 5.41) is 4.26. The third kappa shape index (κ3) is 2.24. The minimum absolute atomic E-state index is 0.470. The standard InChI is InChI=1S/C12H11N3O2/c1-15-12(13-8-16)7-11(14-15)9-4-3-5-10(6-9)17-2/h3-7H,1-2H3. The van der Waals surface area contributed by atoms with Gasteiger partial charge in [0.2, 0.25) is 6.08 Å². The minimum Gasteiger partial charge on any atom is -0.497 e. The predicted molar refractivity (Wildman–Crippen MR) is 63.0 cm³/mol. The Hall–Kier alpha value is -2.39. The van der Waals surface area contributed by atoms with Crippen LogP contribution in [0.25, 0.3) is 11.3 Å². The van der Waals surface area contributed by atoms with Gasteiger partial charge in [0.15, 0.2) is 5.82 Å². The lowest BCUT2D eigenvalue weighted by molar-refractivity contribution is 0.415. The van der Waals surface area contributed by atoms with Crippen molar-refractivity contribution in [3.63, 3.8) is 0 Å². The molecule has 0 N–H and O–H groups in total. The van der Waals surface area contributed by atoms with E-state index in [9.17, 15) is 4.79 Å². The molecule has 5 nitrogen and oxygen atoms in total. The maximum atomic E-state index is 10.2. The van der Waals surface area contributed by atoms with Crippen LogP contribution in [0.2, 0.25) is 0 Å². The highest BCUT2D eigenvalue weighted by atomic mass is 16.5. The quantitative estimate of drug-likeness (QED) is 0.598. The number of hydrogen-bond acceptors (Lipinski definition) is 4. The van der Waals surface area contributed by atoms with Crippen molar-refractivity contribution in [2.24, 2.45) is 12.0 Å². The molecule has 0 aliphatic carbocycles. The van der Waals surface area contributed by atoms with Gasteiger partial charge >= 0.3 is 0 Å². The molecule has 0 aliphatic rings. The van der Waals surface area contributed by atoms with E-state index in [0.29, 0.717) is 5.82 Å². The molecule has 5 heteroatoms. The fraction of sp³-hybridized carbons (Fsp3) is 0.167. The lowest BCUT2D eigenvalue weighted by Crippen LogP contribution is -1.90. The maximum Gasteiger partial charge on any atom is 0.242 e. The topological polar surface area (TPSA) is 56.5 Å². The number of hydrogen-bond donors (Lipinski definition) is 0. The Labute approximate surface area is 98.4 Å². The third-order valence-corrected chi connectivity index (χ3v) is 2.38. The molecular weight excluding hydrogens is 218 g/mol. The lowest BCUT2D eigenvalue weighted by atomic mass is 10.1. The van der Waals surface area contributed by atoms with Gasteiger partial charge in [-0.15, -0.1) is 4.99 Å². The van der Waals surface area contributed by atoms with Crippen LogP contribution in [0, 0.1) is 0 Å². The second kappa shape index (κ2) is 4.63. The number of isocyanates is 1. The molecule has 2 rings (SSSR count). The van der Waals surface area contributed by atoms with Crippen molar-refractivity contribution in [2.75, 3.05) is 7.11 Å². The molecule has 0 aliphatic heterocycles. The number of carbonyl (C=O) groups excluding carboxylic acids is 1. The molecule has 0 amide bonds. The smallest absolute Gasteiger partial charge is 0.242 e. The lowest BCUT2D eigenvalue weighted by Gasteiger charge is -2.01. The van der Waals surface area contributed by atoms with E-state index in [2.05, 4.69) is 10.1 Å². The first kappa shape index (κ1) is 11.1. The highest BCUT2D eigenvalue weighted by Crippen LogP contribution is 2.25. The second-order valence-corrected chi connectivity index (χ2v) is 3.45. The van der Waals surface area contributed by atoms with Gasteiger partial charge in [-0.1, -0.05) is 12.1 Å². The first-order valence-electron chi connectivity index (χ1n) is 5.01. The van der Waals surface area contributed by atoms with Crippen LogP contribution >= 0.6 is 0 Å². The average Bonchev–Trinajstić information content (AvgIpc) is 2.72. The Kier molecular flexibility index (Phi) is 3.03. The van der Waals surface area contributed by atoms with Crippen LogP contribution in [-0.2, 0) is 11.8 Å². The number of methoxy groups -OCH3 is 1. The van der Waals surface area contributed by atoms with Crippen molar-refractivity contribution >= 4 is 11.9 Å². The van der Waals surface area contributed by atoms with E-state index < -0.39 is 0 Å². The van der Waals surface area contributed by atoms with Gasteiger partial charge in [-0.2, -0.15) is 5.10 Å². The summed E-state index contributed by atoms with van der Waals surface area (Å²) in [6, 6.07) is 9.25. The molecule has 2 aromatic rings. The molecule has 0 fully saturated rings. The van der Waals surface area contributed by atoms with Gasteiger partial charge < -0.3 is 4.74 Å². The number of aryl methyl sites for hydroxylation is 1. The van der Waals surface area contributed by atoms with E-state index in [1.807, 2.05) is 24.3 Å². The Bertz CT molecular complexity index is 583. The molecule has 86 valence electrons. The number of ether oxygens (including phenoxy) is 1. The normalized spacial score (nSPS) is 9.76. The number of aromatic nitrogens is 2. The molecule has 1 aromatic carbocycles. The highest BCUT2D eigenvalue weighted by molar-refractivity contribution is 5.64. The first-order valence-corrected chi connectivity index (χ1v) is 5.01. The van der Waals surface area contributed by atoms with Gasteiger partial charge in [-0.25, -0.2) is 9.48 Å². The second-order valence-electron chi connectivity index (χ2n) is 3.45. The zero-order valence-corrected chi connectivity index (χ0v) is 9.54. The predicted octanol–water partition coefficient (Wildman–Crippen LogP) is 2.06. The van der Waals surface area contributed by atoms with Crippen LogP contribution in [0.3, 0.4) is 0 Å². The number of rotatable bonds is 3. The molecule has 0 saturated carbocycles. The first-order chi connectivity index (χ1) is 8.24. The third-order valence-electron chi connectivity index (χ3n) is 2.38. The molecule has 0 radical (unpaired) electrons. The molecule has 17 heavy (non-hydrogen) atoms. The van der Waals surface area contributed by atoms with E-state index in [1.54, 1.807) is 20.2 Å². The van der Waals surface area contributed by atoms with Crippen molar-refractivity contribution in [3.05, 3.63) is 30.3 Å². The van der Waals surface area contributed by atoms with Crippen LogP contribution in [0.4, 0.5) is 5.82 Å². The summed E-state index contributed by atoms with van der Waals surface area (Å²) in [6.45, 7) is 0. The summed E-state index contributed by atoms with van der Waals surface area (Å²) in [5.41, 5.74) is 1.65. The molecule has 0 unspecified atom stereocenters. The largest absolute Gasteiger partial charge is 0.497 e.